The predicted octanol–water partition coefficient (Wildman–Crippen LogP) is 13.7. The zero-order valence-corrected chi connectivity index (χ0v) is 43.3. The van der Waals surface area contributed by atoms with Crippen molar-refractivity contribution in [1.29, 1.82) is 0 Å². The first-order valence-electron chi connectivity index (χ1n) is 23.4. The van der Waals surface area contributed by atoms with Crippen LogP contribution in [-0.2, 0) is 31.6 Å². The molecule has 6 aliphatic heterocycles. The number of rotatable bonds is 8. The van der Waals surface area contributed by atoms with Crippen LogP contribution < -0.4 is 10.7 Å². The number of hydrogen-bond donors (Lipinski definition) is 0. The predicted molar refractivity (Wildman–Crippen MR) is 281 cm³/mol. The Hall–Kier alpha value is -4.60. The number of nitrogens with zero attached hydrogens (tertiary/aromatic N) is 4. The van der Waals surface area contributed by atoms with Gasteiger partial charge in [-0.2, -0.15) is 9.13 Å². The highest BCUT2D eigenvalue weighted by molar-refractivity contribution is 7.16. The summed E-state index contributed by atoms with van der Waals surface area (Å²) in [5.41, 5.74) is 13.7. The van der Waals surface area contributed by atoms with Gasteiger partial charge in [-0.25, -0.2) is 0 Å². The molecule has 0 saturated heterocycles. The molecule has 0 bridgehead atoms. The van der Waals surface area contributed by atoms with E-state index in [1.807, 2.05) is 45.3 Å². The Kier molecular flexibility index (Phi) is 8.84. The van der Waals surface area contributed by atoms with Crippen LogP contribution in [0.4, 0.5) is 0 Å². The van der Waals surface area contributed by atoms with Gasteiger partial charge in [-0.3, -0.25) is 0 Å². The van der Waals surface area contributed by atoms with E-state index in [0.29, 0.717) is 0 Å². The van der Waals surface area contributed by atoms with Crippen molar-refractivity contribution in [2.24, 2.45) is 21.7 Å². The fourth-order valence-electron chi connectivity index (χ4n) is 11.0. The minimum Gasteiger partial charge on any atom is -0.199 e. The molecule has 0 aromatic carbocycles. The maximum absolute atomic E-state index is 2.71. The van der Waals surface area contributed by atoms with E-state index in [1.54, 1.807) is 0 Å². The molecule has 1 unspecified atom stereocenters. The van der Waals surface area contributed by atoms with Gasteiger partial charge in [0, 0.05) is 86.6 Å². The van der Waals surface area contributed by atoms with Crippen LogP contribution in [0.1, 0.15) is 124 Å². The molecule has 1 spiro atoms. The summed E-state index contributed by atoms with van der Waals surface area (Å²) < 4.78 is 10.8. The first-order chi connectivity index (χ1) is 30.6. The largest absolute Gasteiger partial charge is 0.553 e. The molecule has 8 heteroatoms. The monoisotopic (exact) mass is 928 g/mol. The highest BCUT2D eigenvalue weighted by atomic mass is 32.1. The van der Waals surface area contributed by atoms with Gasteiger partial charge in [0.25, 0.3) is 0 Å². The van der Waals surface area contributed by atoms with E-state index >= 15 is 0 Å². The van der Waals surface area contributed by atoms with Crippen LogP contribution in [0.25, 0.3) is 56.3 Å². The van der Waals surface area contributed by atoms with Crippen molar-refractivity contribution in [3.05, 3.63) is 136 Å². The minimum absolute atomic E-state index is 0.217. The second kappa shape index (κ2) is 13.7. The van der Waals surface area contributed by atoms with Crippen molar-refractivity contribution in [1.82, 2.24) is 9.13 Å². The molecule has 6 aromatic rings. The molecule has 65 heavy (non-hydrogen) atoms. The van der Waals surface area contributed by atoms with Gasteiger partial charge in [0.2, 0.25) is 22.8 Å². The van der Waals surface area contributed by atoms with E-state index in [0.717, 1.165) is 25.7 Å². The average molecular weight is 929 g/mol. The van der Waals surface area contributed by atoms with E-state index in [2.05, 4.69) is 198 Å². The summed E-state index contributed by atoms with van der Waals surface area (Å²) in [5, 5.41) is 2.52. The van der Waals surface area contributed by atoms with Gasteiger partial charge >= 0.3 is 5.91 Å². The van der Waals surface area contributed by atoms with Gasteiger partial charge in [-0.05, 0) is 108 Å². The van der Waals surface area contributed by atoms with E-state index in [-0.39, 0.29) is 21.7 Å². The molecule has 4 nitrogen and oxygen atoms in total. The molecule has 1 atom stereocenters. The minimum atomic E-state index is -0.765. The fourth-order valence-corrected chi connectivity index (χ4v) is 16.4. The summed E-state index contributed by atoms with van der Waals surface area (Å²) in [4.78, 5) is 11.1. The van der Waals surface area contributed by atoms with Gasteiger partial charge in [0.05, 0.1) is 33.2 Å². The van der Waals surface area contributed by atoms with Crippen LogP contribution in [0.2, 0.25) is 0 Å². The third kappa shape index (κ3) is 6.66. The lowest BCUT2D eigenvalue weighted by molar-refractivity contribution is -0.833. The quantitative estimate of drug-likeness (QED) is 0.135. The molecule has 0 radical (unpaired) electrons. The molecule has 0 saturated carbocycles. The van der Waals surface area contributed by atoms with Crippen molar-refractivity contribution < 1.29 is 9.15 Å². The maximum atomic E-state index is 2.71. The van der Waals surface area contributed by atoms with Crippen molar-refractivity contribution in [3.8, 4) is 20.9 Å². The van der Waals surface area contributed by atoms with Gasteiger partial charge in [0.15, 0.2) is 0 Å². The molecule has 12 heterocycles. The molecule has 0 N–H and O–H groups in total. The Bertz CT molecular complexity index is 3400. The molecule has 6 aromatic heterocycles. The smallest absolute Gasteiger partial charge is 0.199 e. The van der Waals surface area contributed by atoms with Crippen LogP contribution >= 0.6 is 45.3 Å². The second-order valence-corrected chi connectivity index (χ2v) is 28.7. The molecule has 6 aliphatic rings. The molecular formula is C57H60N4S4+2. The molecule has 330 valence electrons. The van der Waals surface area contributed by atoms with Crippen molar-refractivity contribution in [3.63, 3.8) is 0 Å². The lowest BCUT2D eigenvalue weighted by Crippen LogP contribution is -2.69. The van der Waals surface area contributed by atoms with Gasteiger partial charge < -0.3 is 0 Å². The maximum Gasteiger partial charge on any atom is 0.553 e. The van der Waals surface area contributed by atoms with E-state index in [9.17, 15) is 0 Å². The van der Waals surface area contributed by atoms with Crippen LogP contribution in [0.15, 0.2) is 84.2 Å². The Balaban J connectivity index is 1.15. The van der Waals surface area contributed by atoms with Crippen molar-refractivity contribution >= 4 is 92.2 Å². The van der Waals surface area contributed by atoms with E-state index in [1.165, 1.54) is 106 Å². The zero-order chi connectivity index (χ0) is 45.3. The first kappa shape index (κ1) is 41.8. The summed E-state index contributed by atoms with van der Waals surface area (Å²) in [6, 6.07) is 24.1. The van der Waals surface area contributed by atoms with E-state index < -0.39 is 5.91 Å². The average Bonchev–Trinajstić information content (AvgIpc) is 4.02. The summed E-state index contributed by atoms with van der Waals surface area (Å²) in [5.74, 6) is -0.765. The third-order valence-electron chi connectivity index (χ3n) is 13.1. The third-order valence-corrected chi connectivity index (χ3v) is 17.6. The van der Waals surface area contributed by atoms with Gasteiger partial charge in [-0.15, -0.1) is 45.3 Å². The number of allylic oxidation sites excluding steroid dienone is 4. The second-order valence-electron chi connectivity index (χ2n) is 24.0. The van der Waals surface area contributed by atoms with Crippen molar-refractivity contribution in [2.75, 3.05) is 0 Å². The standard InChI is InChI=1S/C57H60N4S4/c1-53(2,3)29-37-13-17-49(62-37)41-21-33-26-46-43(51-19-15-39(64-51)31-55(7,8)9)23-35-28-48-44(52-20-16-40(65-52)32-56(10,11)12)24-36-27-47-42(50-18-14-38(63-50)30-54(4,5)6)22-34-25-45(41)58(33)57(59(34)47,60(35)46)61(36)48/h13-28H,29-32H2,1-12H3/q+2. The first-order valence-corrected chi connectivity index (χ1v) is 26.7. The number of thiophene rings is 4. The Labute approximate surface area is 400 Å². The summed E-state index contributed by atoms with van der Waals surface area (Å²) >= 11 is 7.88. The zero-order valence-electron chi connectivity index (χ0n) is 40.0. The summed E-state index contributed by atoms with van der Waals surface area (Å²) in [6.45, 7) is 28.2. The topological polar surface area (TPSA) is 15.9 Å². The van der Waals surface area contributed by atoms with Crippen LogP contribution in [0, 0.1) is 21.7 Å². The lowest BCUT2D eigenvalue weighted by atomic mass is 9.91. The lowest BCUT2D eigenvalue weighted by Gasteiger charge is -2.37. The van der Waals surface area contributed by atoms with Crippen molar-refractivity contribution in [2.45, 2.75) is 115 Å². The van der Waals surface area contributed by atoms with E-state index in [4.69, 9.17) is 0 Å². The van der Waals surface area contributed by atoms with Gasteiger partial charge in [0.1, 0.15) is 0 Å². The normalized spacial score (nSPS) is 19.3. The fraction of sp³-hybridized carbons (Fsp3) is 0.368. The van der Waals surface area contributed by atoms with Gasteiger partial charge in [-0.1, -0.05) is 92.2 Å². The number of hydrogen-bond acceptors (Lipinski definition) is 4. The van der Waals surface area contributed by atoms with Crippen LogP contribution in [0.5, 0.6) is 0 Å². The Morgan fingerprint density at radius 3 is 1.54 bits per heavy atom. The number of aromatic nitrogens is 2. The van der Waals surface area contributed by atoms with Crippen LogP contribution in [-0.4, -0.2) is 29.7 Å². The molecule has 0 amide bonds. The molecule has 0 aliphatic carbocycles. The highest BCUT2D eigenvalue weighted by Gasteiger charge is 2.71. The Morgan fingerprint density at radius 1 is 0.477 bits per heavy atom. The molecule has 0 fully saturated rings. The Morgan fingerprint density at radius 2 is 0.985 bits per heavy atom. The molecule has 12 rings (SSSR count). The summed E-state index contributed by atoms with van der Waals surface area (Å²) in [7, 11) is 0. The molecular weight excluding hydrogens is 869 g/mol. The SMILES string of the molecule is CC(C)(C)Cc1ccc(C2=CC3=[N+]4C2=Cc2cc(-c5ccc(CC(C)(C)C)s5)c5n2C42n4c(cc(-c6ccc(CC(C)(C)C)s6)c4=C3)=CC3=[N+]2C(=C5)C=C3c2ccc(CC(C)(C)C)s2)s1. The summed E-state index contributed by atoms with van der Waals surface area (Å²) in [6.07, 6.45) is 19.3. The highest BCUT2D eigenvalue weighted by Crippen LogP contribution is 2.53. The van der Waals surface area contributed by atoms with Crippen LogP contribution in [0.3, 0.4) is 0 Å².